The zero-order chi connectivity index (χ0) is 9.40. The SMILES string of the molecule is CCC(=O)OCOC(=O)CCP. The van der Waals surface area contributed by atoms with E-state index in [9.17, 15) is 9.59 Å². The molecule has 0 aliphatic rings. The minimum atomic E-state index is -0.367. The first-order valence-electron chi connectivity index (χ1n) is 3.72. The fourth-order valence-corrected chi connectivity index (χ4v) is 0.689. The van der Waals surface area contributed by atoms with Crippen molar-refractivity contribution in [2.45, 2.75) is 19.8 Å². The minimum absolute atomic E-state index is 0.268. The van der Waals surface area contributed by atoms with Gasteiger partial charge in [-0.25, -0.2) is 0 Å². The number of esters is 2. The third kappa shape index (κ3) is 6.10. The predicted octanol–water partition coefficient (Wildman–Crippen LogP) is 0.706. The average molecular weight is 192 g/mol. The second-order valence-corrected chi connectivity index (χ2v) is 2.62. The molecule has 0 rings (SSSR count). The highest BCUT2D eigenvalue weighted by Gasteiger charge is 2.02. The molecule has 0 spiro atoms. The average Bonchev–Trinajstić information content (AvgIpc) is 2.04. The van der Waals surface area contributed by atoms with E-state index in [-0.39, 0.29) is 18.7 Å². The molecule has 0 N–H and O–H groups in total. The Morgan fingerprint density at radius 3 is 2.33 bits per heavy atom. The van der Waals surface area contributed by atoms with Crippen LogP contribution >= 0.6 is 9.24 Å². The van der Waals surface area contributed by atoms with Gasteiger partial charge in [-0.2, -0.15) is 0 Å². The summed E-state index contributed by atoms with van der Waals surface area (Å²) in [7, 11) is 2.41. The summed E-state index contributed by atoms with van der Waals surface area (Å²) in [5, 5.41) is 0. The van der Waals surface area contributed by atoms with Crippen LogP contribution in [0.25, 0.3) is 0 Å². The molecule has 5 heteroatoms. The molecule has 0 fully saturated rings. The van der Waals surface area contributed by atoms with Gasteiger partial charge in [0.25, 0.3) is 0 Å². The Morgan fingerprint density at radius 1 is 1.25 bits per heavy atom. The van der Waals surface area contributed by atoms with E-state index in [0.29, 0.717) is 19.0 Å². The summed E-state index contributed by atoms with van der Waals surface area (Å²) < 4.78 is 9.08. The van der Waals surface area contributed by atoms with E-state index in [4.69, 9.17) is 0 Å². The van der Waals surface area contributed by atoms with Crippen molar-refractivity contribution < 1.29 is 19.1 Å². The van der Waals surface area contributed by atoms with Crippen LogP contribution in [0.2, 0.25) is 0 Å². The molecule has 0 aromatic heterocycles. The third-order valence-corrected chi connectivity index (χ3v) is 1.37. The molecule has 0 heterocycles. The van der Waals surface area contributed by atoms with E-state index in [0.717, 1.165) is 0 Å². The first-order valence-corrected chi connectivity index (χ1v) is 4.53. The fraction of sp³-hybridized carbons (Fsp3) is 0.714. The van der Waals surface area contributed by atoms with Crippen LogP contribution in [0.5, 0.6) is 0 Å². The Morgan fingerprint density at radius 2 is 1.83 bits per heavy atom. The molecule has 0 saturated heterocycles. The highest BCUT2D eigenvalue weighted by atomic mass is 31.0. The van der Waals surface area contributed by atoms with Crippen molar-refractivity contribution in [1.82, 2.24) is 0 Å². The maximum atomic E-state index is 10.7. The van der Waals surface area contributed by atoms with Gasteiger partial charge in [0.1, 0.15) is 0 Å². The summed E-state index contributed by atoms with van der Waals surface area (Å²) in [6.07, 6.45) is 1.27. The quantitative estimate of drug-likeness (QED) is 0.365. The largest absolute Gasteiger partial charge is 0.428 e. The van der Waals surface area contributed by atoms with Gasteiger partial charge in [0.2, 0.25) is 6.79 Å². The lowest BCUT2D eigenvalue weighted by Gasteiger charge is -2.03. The summed E-state index contributed by atoms with van der Waals surface area (Å²) in [5.74, 6) is -0.720. The molecule has 0 aliphatic heterocycles. The monoisotopic (exact) mass is 192 g/mol. The molecule has 0 bridgehead atoms. The molecule has 0 amide bonds. The van der Waals surface area contributed by atoms with E-state index in [1.807, 2.05) is 0 Å². The molecule has 0 aromatic rings. The van der Waals surface area contributed by atoms with E-state index < -0.39 is 0 Å². The number of rotatable bonds is 5. The smallest absolute Gasteiger partial charge is 0.308 e. The second-order valence-electron chi connectivity index (χ2n) is 2.04. The van der Waals surface area contributed by atoms with Gasteiger partial charge in [-0.05, 0) is 6.16 Å². The van der Waals surface area contributed by atoms with Crippen molar-refractivity contribution in [3.8, 4) is 0 Å². The van der Waals surface area contributed by atoms with Crippen LogP contribution in [0.15, 0.2) is 0 Å². The Labute approximate surface area is 73.8 Å². The molecule has 1 atom stereocenters. The van der Waals surface area contributed by atoms with Crippen molar-refractivity contribution in [2.24, 2.45) is 0 Å². The standard InChI is InChI=1S/C7H13O4P/c1-2-6(8)10-5-11-7(9)3-4-12/h2-5,12H2,1H3. The first-order chi connectivity index (χ1) is 5.70. The van der Waals surface area contributed by atoms with Crippen LogP contribution in [0, 0.1) is 0 Å². The molecule has 70 valence electrons. The first kappa shape index (κ1) is 11.4. The maximum absolute atomic E-state index is 10.7. The lowest BCUT2D eigenvalue weighted by Crippen LogP contribution is -2.11. The summed E-state index contributed by atoms with van der Waals surface area (Å²) in [4.78, 5) is 21.2. The molecule has 0 aromatic carbocycles. The fourth-order valence-electron chi connectivity index (χ4n) is 0.453. The van der Waals surface area contributed by atoms with Crippen LogP contribution in [-0.4, -0.2) is 24.9 Å². The summed E-state index contributed by atoms with van der Waals surface area (Å²) in [6.45, 7) is 1.41. The number of hydrogen-bond acceptors (Lipinski definition) is 4. The van der Waals surface area contributed by atoms with E-state index in [1.54, 1.807) is 6.92 Å². The van der Waals surface area contributed by atoms with Gasteiger partial charge in [-0.3, -0.25) is 9.59 Å². The Kier molecular flexibility index (Phi) is 6.67. The van der Waals surface area contributed by atoms with Gasteiger partial charge >= 0.3 is 11.9 Å². The van der Waals surface area contributed by atoms with Crippen LogP contribution < -0.4 is 0 Å². The zero-order valence-corrected chi connectivity index (χ0v) is 8.19. The second kappa shape index (κ2) is 7.04. The summed E-state index contributed by atoms with van der Waals surface area (Å²) in [6, 6.07) is 0. The topological polar surface area (TPSA) is 52.6 Å². The highest BCUT2D eigenvalue weighted by molar-refractivity contribution is 7.16. The van der Waals surface area contributed by atoms with Crippen molar-refractivity contribution in [3.05, 3.63) is 0 Å². The number of carbonyl (C=O) groups excluding carboxylic acids is 2. The van der Waals surface area contributed by atoms with Gasteiger partial charge < -0.3 is 9.47 Å². The van der Waals surface area contributed by atoms with Gasteiger partial charge in [0, 0.05) is 12.8 Å². The van der Waals surface area contributed by atoms with E-state index >= 15 is 0 Å². The lowest BCUT2D eigenvalue weighted by atomic mass is 10.5. The molecule has 0 aliphatic carbocycles. The van der Waals surface area contributed by atoms with Gasteiger partial charge in [0.15, 0.2) is 0 Å². The van der Waals surface area contributed by atoms with Crippen LogP contribution in [0.3, 0.4) is 0 Å². The molecule has 0 radical (unpaired) electrons. The molecule has 0 saturated carbocycles. The molecule has 4 nitrogen and oxygen atoms in total. The van der Waals surface area contributed by atoms with Gasteiger partial charge in [-0.1, -0.05) is 6.92 Å². The van der Waals surface area contributed by atoms with Gasteiger partial charge in [0.05, 0.1) is 0 Å². The van der Waals surface area contributed by atoms with Gasteiger partial charge in [-0.15, -0.1) is 9.24 Å². The Hall–Kier alpha value is -0.630. The van der Waals surface area contributed by atoms with E-state index in [2.05, 4.69) is 18.7 Å². The van der Waals surface area contributed by atoms with Crippen LogP contribution in [-0.2, 0) is 19.1 Å². The maximum Gasteiger partial charge on any atom is 0.308 e. The van der Waals surface area contributed by atoms with Crippen LogP contribution in [0.4, 0.5) is 0 Å². The Bertz CT molecular complexity index is 157. The number of ether oxygens (including phenoxy) is 2. The van der Waals surface area contributed by atoms with E-state index in [1.165, 1.54) is 0 Å². The van der Waals surface area contributed by atoms with Crippen molar-refractivity contribution >= 4 is 21.2 Å². The predicted molar refractivity (Wildman–Crippen MR) is 46.5 cm³/mol. The summed E-state index contributed by atoms with van der Waals surface area (Å²) in [5.41, 5.74) is 0. The molecular weight excluding hydrogens is 179 g/mol. The molecule has 12 heavy (non-hydrogen) atoms. The Balaban J connectivity index is 3.30. The number of hydrogen-bond donors (Lipinski definition) is 0. The molecular formula is C7H13O4P. The third-order valence-electron chi connectivity index (χ3n) is 1.08. The van der Waals surface area contributed by atoms with Crippen molar-refractivity contribution in [2.75, 3.05) is 13.0 Å². The zero-order valence-electron chi connectivity index (χ0n) is 7.04. The normalized spacial score (nSPS) is 9.17. The van der Waals surface area contributed by atoms with Crippen molar-refractivity contribution in [1.29, 1.82) is 0 Å². The lowest BCUT2D eigenvalue weighted by molar-refractivity contribution is -0.166. The number of carbonyl (C=O) groups is 2. The van der Waals surface area contributed by atoms with Crippen molar-refractivity contribution in [3.63, 3.8) is 0 Å². The van der Waals surface area contributed by atoms with Crippen LogP contribution in [0.1, 0.15) is 19.8 Å². The minimum Gasteiger partial charge on any atom is -0.428 e. The highest BCUT2D eigenvalue weighted by Crippen LogP contribution is 1.92. The molecule has 1 unspecified atom stereocenters. The summed E-state index contributed by atoms with van der Waals surface area (Å²) >= 11 is 0.